The van der Waals surface area contributed by atoms with Crippen LogP contribution in [-0.2, 0) is 0 Å². The van der Waals surface area contributed by atoms with Gasteiger partial charge >= 0.3 is 0 Å². The van der Waals surface area contributed by atoms with E-state index in [1.54, 1.807) is 0 Å². The summed E-state index contributed by atoms with van der Waals surface area (Å²) in [6.07, 6.45) is 10.1. The Morgan fingerprint density at radius 3 is 2.85 bits per heavy atom. The van der Waals surface area contributed by atoms with E-state index in [-0.39, 0.29) is 0 Å². The molecule has 1 saturated heterocycles. The number of rotatable bonds is 1. The van der Waals surface area contributed by atoms with Crippen molar-refractivity contribution in [3.05, 3.63) is 11.9 Å². The Morgan fingerprint density at radius 1 is 1.38 bits per heavy atom. The third-order valence-corrected chi connectivity index (χ3v) is 3.18. The molecule has 0 aromatic heterocycles. The van der Waals surface area contributed by atoms with Crippen molar-refractivity contribution in [2.45, 2.75) is 31.1 Å². The predicted molar refractivity (Wildman–Crippen MR) is 50.4 cm³/mol. The molecule has 3 aliphatic rings. The molecule has 0 amide bonds. The molecule has 0 radical (unpaired) electrons. The molecule has 1 aliphatic carbocycles. The van der Waals surface area contributed by atoms with E-state index in [1.165, 1.54) is 12.8 Å². The highest BCUT2D eigenvalue weighted by Gasteiger charge is 2.48. The van der Waals surface area contributed by atoms with Gasteiger partial charge in [0.15, 0.2) is 0 Å². The lowest BCUT2D eigenvalue weighted by Gasteiger charge is -2.22. The average Bonchev–Trinajstić information content (AvgIpc) is 2.67. The van der Waals surface area contributed by atoms with E-state index in [1.807, 2.05) is 6.20 Å². The van der Waals surface area contributed by atoms with Gasteiger partial charge in [0.05, 0.1) is 0 Å². The Morgan fingerprint density at radius 2 is 2.23 bits per heavy atom. The molecular weight excluding hydrogens is 162 g/mol. The van der Waals surface area contributed by atoms with E-state index in [9.17, 15) is 0 Å². The Bertz CT molecular complexity index is 292. The van der Waals surface area contributed by atoms with Gasteiger partial charge in [-0.25, -0.2) is 0 Å². The second-order valence-corrected chi connectivity index (χ2v) is 4.10. The molecule has 2 aliphatic heterocycles. The zero-order valence-corrected chi connectivity index (χ0v) is 7.38. The molecule has 0 aromatic rings. The third-order valence-electron chi connectivity index (χ3n) is 3.18. The number of piperidine rings is 1. The highest BCUT2D eigenvalue weighted by molar-refractivity contribution is 5.27. The SMILES string of the molecule is C#CC1=CNC([C@@H]2C[C@H]3CC3N2)N1. The van der Waals surface area contributed by atoms with Gasteiger partial charge in [0.25, 0.3) is 0 Å². The van der Waals surface area contributed by atoms with Crippen molar-refractivity contribution in [3.63, 3.8) is 0 Å². The first kappa shape index (κ1) is 7.28. The van der Waals surface area contributed by atoms with Gasteiger partial charge in [0, 0.05) is 18.3 Å². The van der Waals surface area contributed by atoms with E-state index in [2.05, 4.69) is 21.9 Å². The maximum Gasteiger partial charge on any atom is 0.112 e. The van der Waals surface area contributed by atoms with Gasteiger partial charge in [-0.1, -0.05) is 5.92 Å². The van der Waals surface area contributed by atoms with Gasteiger partial charge in [-0.05, 0) is 18.8 Å². The fraction of sp³-hybridized carbons (Fsp3) is 0.600. The molecule has 13 heavy (non-hydrogen) atoms. The highest BCUT2D eigenvalue weighted by atomic mass is 15.2. The fourth-order valence-electron chi connectivity index (χ4n) is 2.34. The lowest BCUT2D eigenvalue weighted by molar-refractivity contribution is 0.395. The summed E-state index contributed by atoms with van der Waals surface area (Å²) in [5.41, 5.74) is 0.868. The second kappa shape index (κ2) is 2.43. The van der Waals surface area contributed by atoms with Crippen LogP contribution in [-0.4, -0.2) is 18.2 Å². The van der Waals surface area contributed by atoms with Crippen molar-refractivity contribution in [2.75, 3.05) is 0 Å². The molecule has 3 N–H and O–H groups in total. The molecule has 2 heterocycles. The summed E-state index contributed by atoms with van der Waals surface area (Å²) in [7, 11) is 0. The molecule has 0 aromatic carbocycles. The molecular formula is C10H13N3. The Kier molecular flexibility index (Phi) is 1.36. The van der Waals surface area contributed by atoms with Crippen molar-refractivity contribution < 1.29 is 0 Å². The number of hydrogen-bond acceptors (Lipinski definition) is 3. The maximum absolute atomic E-state index is 5.29. The van der Waals surface area contributed by atoms with Gasteiger partial charge in [-0.3, -0.25) is 0 Å². The van der Waals surface area contributed by atoms with E-state index < -0.39 is 0 Å². The molecule has 3 nitrogen and oxygen atoms in total. The van der Waals surface area contributed by atoms with Gasteiger partial charge in [0.1, 0.15) is 11.9 Å². The quantitative estimate of drug-likeness (QED) is 0.480. The lowest BCUT2D eigenvalue weighted by Crippen LogP contribution is -2.49. The van der Waals surface area contributed by atoms with Crippen LogP contribution in [0.1, 0.15) is 12.8 Å². The molecule has 2 unspecified atom stereocenters. The molecule has 4 atom stereocenters. The summed E-state index contributed by atoms with van der Waals surface area (Å²) in [6.45, 7) is 0. The van der Waals surface area contributed by atoms with Gasteiger partial charge < -0.3 is 16.0 Å². The highest BCUT2D eigenvalue weighted by Crippen LogP contribution is 2.41. The van der Waals surface area contributed by atoms with Crippen molar-refractivity contribution in [3.8, 4) is 12.3 Å². The van der Waals surface area contributed by atoms with E-state index in [0.29, 0.717) is 12.2 Å². The largest absolute Gasteiger partial charge is 0.368 e. The Hall–Kier alpha value is -1.14. The molecule has 3 rings (SSSR count). The van der Waals surface area contributed by atoms with Crippen molar-refractivity contribution >= 4 is 0 Å². The minimum atomic E-state index is 0.304. The topological polar surface area (TPSA) is 36.1 Å². The molecule has 3 heteroatoms. The van der Waals surface area contributed by atoms with Crippen LogP contribution in [0.2, 0.25) is 0 Å². The summed E-state index contributed by atoms with van der Waals surface area (Å²) in [6, 6.07) is 1.34. The van der Waals surface area contributed by atoms with Gasteiger partial charge in [-0.15, -0.1) is 6.42 Å². The van der Waals surface area contributed by atoms with E-state index in [4.69, 9.17) is 6.42 Å². The Labute approximate surface area is 78.0 Å². The second-order valence-electron chi connectivity index (χ2n) is 4.10. The van der Waals surface area contributed by atoms with Crippen LogP contribution in [0.25, 0.3) is 0 Å². The predicted octanol–water partition coefficient (Wildman–Crippen LogP) is -0.270. The Balaban J connectivity index is 1.61. The van der Waals surface area contributed by atoms with Crippen LogP contribution in [0.4, 0.5) is 0 Å². The molecule has 0 spiro atoms. The number of allylic oxidation sites excluding steroid dienone is 1. The smallest absolute Gasteiger partial charge is 0.112 e. The van der Waals surface area contributed by atoms with Crippen molar-refractivity contribution in [2.24, 2.45) is 5.92 Å². The van der Waals surface area contributed by atoms with Crippen LogP contribution in [0, 0.1) is 18.3 Å². The molecule has 0 bridgehead atoms. The maximum atomic E-state index is 5.29. The summed E-state index contributed by atoms with van der Waals surface area (Å²) in [4.78, 5) is 0. The normalized spacial score (nSPS) is 45.6. The summed E-state index contributed by atoms with van der Waals surface area (Å²) >= 11 is 0. The van der Waals surface area contributed by atoms with Crippen molar-refractivity contribution in [1.82, 2.24) is 16.0 Å². The first-order valence-corrected chi connectivity index (χ1v) is 4.82. The zero-order chi connectivity index (χ0) is 8.84. The number of terminal acetylenes is 1. The molecule has 2 fully saturated rings. The number of fused-ring (bicyclic) bond motifs is 1. The zero-order valence-electron chi connectivity index (χ0n) is 7.38. The average molecular weight is 175 g/mol. The van der Waals surface area contributed by atoms with E-state index >= 15 is 0 Å². The first-order chi connectivity index (χ1) is 6.36. The van der Waals surface area contributed by atoms with Gasteiger partial charge in [-0.2, -0.15) is 0 Å². The molecule has 68 valence electrons. The fourth-order valence-corrected chi connectivity index (χ4v) is 2.34. The standard InChI is InChI=1S/C10H13N3/c1-2-7-5-11-10(12-7)9-4-6-3-8(6)13-9/h1,5-6,8-13H,3-4H2/t6-,8?,9+,10?/m1/s1. The monoisotopic (exact) mass is 175 g/mol. The first-order valence-electron chi connectivity index (χ1n) is 4.82. The van der Waals surface area contributed by atoms with Crippen LogP contribution in [0.15, 0.2) is 11.9 Å². The van der Waals surface area contributed by atoms with Gasteiger partial charge in [0.2, 0.25) is 0 Å². The van der Waals surface area contributed by atoms with E-state index in [0.717, 1.165) is 17.7 Å². The minimum absolute atomic E-state index is 0.304. The van der Waals surface area contributed by atoms with Crippen LogP contribution < -0.4 is 16.0 Å². The van der Waals surface area contributed by atoms with Crippen molar-refractivity contribution in [1.29, 1.82) is 0 Å². The minimum Gasteiger partial charge on any atom is -0.368 e. The number of nitrogens with one attached hydrogen (secondary N) is 3. The van der Waals surface area contributed by atoms with Crippen LogP contribution in [0.5, 0.6) is 0 Å². The van der Waals surface area contributed by atoms with Crippen LogP contribution >= 0.6 is 0 Å². The summed E-state index contributed by atoms with van der Waals surface area (Å²) < 4.78 is 0. The summed E-state index contributed by atoms with van der Waals surface area (Å²) in [5.74, 6) is 3.53. The lowest BCUT2D eigenvalue weighted by atomic mass is 10.1. The van der Waals surface area contributed by atoms with Crippen LogP contribution in [0.3, 0.4) is 0 Å². The number of hydrogen-bond donors (Lipinski definition) is 3. The third kappa shape index (κ3) is 1.10. The molecule has 1 saturated carbocycles. The summed E-state index contributed by atoms with van der Waals surface area (Å²) in [5, 5.41) is 10.1.